The maximum atomic E-state index is 12.4. The summed E-state index contributed by atoms with van der Waals surface area (Å²) >= 11 is 5.98. The number of nitrogens with zero attached hydrogens (tertiary/aromatic N) is 2. The Hall–Kier alpha value is -2.47. The summed E-state index contributed by atoms with van der Waals surface area (Å²) < 4.78 is 11.1. The average molecular weight is 348 g/mol. The first-order chi connectivity index (χ1) is 11.7. The molecule has 3 rings (SSSR count). The second kappa shape index (κ2) is 7.40. The molecule has 2 heterocycles. The zero-order valence-corrected chi connectivity index (χ0v) is 14.0. The molecule has 1 saturated heterocycles. The van der Waals surface area contributed by atoms with Gasteiger partial charge in [-0.3, -0.25) is 4.98 Å². The molecule has 0 aliphatic carbocycles. The number of pyridine rings is 1. The third kappa shape index (κ3) is 3.89. The molecule has 1 aromatic carbocycles. The summed E-state index contributed by atoms with van der Waals surface area (Å²) in [7, 11) is 1.55. The molecule has 24 heavy (non-hydrogen) atoms. The van der Waals surface area contributed by atoms with Crippen molar-refractivity contribution in [1.29, 1.82) is 0 Å². The van der Waals surface area contributed by atoms with Gasteiger partial charge in [-0.05, 0) is 30.3 Å². The number of halogens is 1. The summed E-state index contributed by atoms with van der Waals surface area (Å²) in [5, 5.41) is 3.37. The van der Waals surface area contributed by atoms with Gasteiger partial charge >= 0.3 is 6.03 Å². The zero-order chi connectivity index (χ0) is 16.9. The Balaban J connectivity index is 1.60. The van der Waals surface area contributed by atoms with Crippen LogP contribution < -0.4 is 14.8 Å². The highest BCUT2D eigenvalue weighted by Gasteiger charge is 2.28. The predicted octanol–water partition coefficient (Wildman–Crippen LogP) is 3.43. The van der Waals surface area contributed by atoms with Crippen LogP contribution in [-0.2, 0) is 0 Å². The molecule has 1 aliphatic rings. The van der Waals surface area contributed by atoms with Gasteiger partial charge in [-0.2, -0.15) is 0 Å². The van der Waals surface area contributed by atoms with Crippen LogP contribution in [0.1, 0.15) is 6.42 Å². The van der Waals surface area contributed by atoms with Crippen LogP contribution in [0.2, 0.25) is 5.02 Å². The summed E-state index contributed by atoms with van der Waals surface area (Å²) in [6.45, 7) is 1.15. The van der Waals surface area contributed by atoms with E-state index in [0.717, 1.165) is 12.2 Å². The molecule has 0 spiro atoms. The van der Waals surface area contributed by atoms with Gasteiger partial charge in [-0.1, -0.05) is 11.6 Å². The summed E-state index contributed by atoms with van der Waals surface area (Å²) in [4.78, 5) is 18.1. The SMILES string of the molecule is COc1ccc(Cl)cc1NC(=O)N1CCC(Oc2ccncc2)C1. The van der Waals surface area contributed by atoms with Crippen LogP contribution in [-0.4, -0.2) is 42.2 Å². The van der Waals surface area contributed by atoms with Gasteiger partial charge in [0.2, 0.25) is 0 Å². The van der Waals surface area contributed by atoms with Crippen molar-refractivity contribution in [2.45, 2.75) is 12.5 Å². The summed E-state index contributed by atoms with van der Waals surface area (Å²) in [5.41, 5.74) is 0.550. The maximum Gasteiger partial charge on any atom is 0.322 e. The van der Waals surface area contributed by atoms with Crippen molar-refractivity contribution < 1.29 is 14.3 Å². The Morgan fingerprint density at radius 1 is 1.33 bits per heavy atom. The summed E-state index contributed by atoms with van der Waals surface area (Å²) in [5.74, 6) is 1.32. The van der Waals surface area contributed by atoms with Crippen LogP contribution in [0.15, 0.2) is 42.7 Å². The van der Waals surface area contributed by atoms with Crippen LogP contribution >= 0.6 is 11.6 Å². The van der Waals surface area contributed by atoms with Crippen LogP contribution in [0, 0.1) is 0 Å². The highest BCUT2D eigenvalue weighted by atomic mass is 35.5. The van der Waals surface area contributed by atoms with Crippen LogP contribution in [0.3, 0.4) is 0 Å². The van der Waals surface area contributed by atoms with Crippen molar-refractivity contribution in [3.8, 4) is 11.5 Å². The number of likely N-dealkylation sites (tertiary alicyclic amines) is 1. The first-order valence-electron chi connectivity index (χ1n) is 7.62. The third-order valence-electron chi connectivity index (χ3n) is 3.79. The molecule has 7 heteroatoms. The van der Waals surface area contributed by atoms with Gasteiger partial charge in [0, 0.05) is 30.4 Å². The Morgan fingerprint density at radius 2 is 2.12 bits per heavy atom. The third-order valence-corrected chi connectivity index (χ3v) is 4.02. The van der Waals surface area contributed by atoms with Crippen molar-refractivity contribution in [3.05, 3.63) is 47.7 Å². The molecule has 6 nitrogen and oxygen atoms in total. The second-order valence-corrected chi connectivity index (χ2v) is 5.87. The molecular formula is C17H18ClN3O3. The molecule has 0 radical (unpaired) electrons. The number of aromatic nitrogens is 1. The van der Waals surface area contributed by atoms with E-state index >= 15 is 0 Å². The number of ether oxygens (including phenoxy) is 2. The number of anilines is 1. The van der Waals surface area contributed by atoms with E-state index in [1.54, 1.807) is 54.7 Å². The maximum absolute atomic E-state index is 12.4. The van der Waals surface area contributed by atoms with Crippen molar-refractivity contribution in [2.24, 2.45) is 0 Å². The number of carbonyl (C=O) groups excluding carboxylic acids is 1. The lowest BCUT2D eigenvalue weighted by molar-refractivity contribution is 0.194. The zero-order valence-electron chi connectivity index (χ0n) is 13.2. The molecule has 1 aliphatic heterocycles. The smallest absolute Gasteiger partial charge is 0.322 e. The first-order valence-corrected chi connectivity index (χ1v) is 7.99. The monoisotopic (exact) mass is 347 g/mol. The molecule has 126 valence electrons. The highest BCUT2D eigenvalue weighted by Crippen LogP contribution is 2.28. The number of methoxy groups -OCH3 is 1. The van der Waals surface area contributed by atoms with Crippen LogP contribution in [0.25, 0.3) is 0 Å². The quantitative estimate of drug-likeness (QED) is 0.920. The minimum atomic E-state index is -0.198. The van der Waals surface area contributed by atoms with E-state index < -0.39 is 0 Å². The fourth-order valence-corrected chi connectivity index (χ4v) is 2.76. The van der Waals surface area contributed by atoms with Gasteiger partial charge in [-0.25, -0.2) is 4.79 Å². The molecule has 2 aromatic rings. The largest absolute Gasteiger partial charge is 0.495 e. The lowest BCUT2D eigenvalue weighted by Crippen LogP contribution is -2.34. The second-order valence-electron chi connectivity index (χ2n) is 5.43. The van der Waals surface area contributed by atoms with Gasteiger partial charge in [-0.15, -0.1) is 0 Å². The molecule has 0 saturated carbocycles. The van der Waals surface area contributed by atoms with E-state index in [2.05, 4.69) is 10.3 Å². The topological polar surface area (TPSA) is 63.7 Å². The molecule has 1 fully saturated rings. The number of carbonyl (C=O) groups is 1. The van der Waals surface area contributed by atoms with Gasteiger partial charge < -0.3 is 19.7 Å². The number of hydrogen-bond donors (Lipinski definition) is 1. The van der Waals surface area contributed by atoms with Crippen molar-refractivity contribution in [2.75, 3.05) is 25.5 Å². The number of urea groups is 1. The lowest BCUT2D eigenvalue weighted by Gasteiger charge is -2.19. The predicted molar refractivity (Wildman–Crippen MR) is 91.9 cm³/mol. The minimum absolute atomic E-state index is 0.0283. The fraction of sp³-hybridized carbons (Fsp3) is 0.294. The van der Waals surface area contributed by atoms with E-state index in [4.69, 9.17) is 21.1 Å². The molecule has 2 amide bonds. The normalized spacial score (nSPS) is 16.8. The van der Waals surface area contributed by atoms with Gasteiger partial charge in [0.1, 0.15) is 17.6 Å². The Morgan fingerprint density at radius 3 is 2.88 bits per heavy atom. The van der Waals surface area contributed by atoms with E-state index in [-0.39, 0.29) is 12.1 Å². The van der Waals surface area contributed by atoms with Crippen LogP contribution in [0.4, 0.5) is 10.5 Å². The van der Waals surface area contributed by atoms with Gasteiger partial charge in [0.05, 0.1) is 19.3 Å². The lowest BCUT2D eigenvalue weighted by atomic mass is 10.3. The molecule has 1 unspecified atom stereocenters. The standard InChI is InChI=1S/C17H18ClN3O3/c1-23-16-3-2-12(18)10-15(16)20-17(22)21-9-6-14(11-21)24-13-4-7-19-8-5-13/h2-5,7-8,10,14H,6,9,11H2,1H3,(H,20,22). The van der Waals surface area contributed by atoms with Crippen molar-refractivity contribution in [1.82, 2.24) is 9.88 Å². The van der Waals surface area contributed by atoms with Crippen LogP contribution in [0.5, 0.6) is 11.5 Å². The fourth-order valence-electron chi connectivity index (χ4n) is 2.59. The number of rotatable bonds is 4. The van der Waals surface area contributed by atoms with E-state index in [0.29, 0.717) is 29.5 Å². The summed E-state index contributed by atoms with van der Waals surface area (Å²) in [6.07, 6.45) is 4.11. The average Bonchev–Trinajstić information content (AvgIpc) is 3.05. The Bertz CT molecular complexity index is 711. The van der Waals surface area contributed by atoms with Gasteiger partial charge in [0.25, 0.3) is 0 Å². The van der Waals surface area contributed by atoms with Crippen molar-refractivity contribution >= 4 is 23.3 Å². The molecule has 1 N–H and O–H groups in total. The van der Waals surface area contributed by atoms with E-state index in [1.165, 1.54) is 0 Å². The van der Waals surface area contributed by atoms with Gasteiger partial charge in [0.15, 0.2) is 0 Å². The highest BCUT2D eigenvalue weighted by molar-refractivity contribution is 6.31. The van der Waals surface area contributed by atoms with E-state index in [1.807, 2.05) is 0 Å². The Kier molecular flexibility index (Phi) is 5.05. The molecule has 1 atom stereocenters. The number of nitrogens with one attached hydrogen (secondary N) is 1. The molecular weight excluding hydrogens is 330 g/mol. The minimum Gasteiger partial charge on any atom is -0.495 e. The number of hydrogen-bond acceptors (Lipinski definition) is 4. The number of benzene rings is 1. The number of amides is 2. The molecule has 0 bridgehead atoms. The van der Waals surface area contributed by atoms with E-state index in [9.17, 15) is 4.79 Å². The molecule has 1 aromatic heterocycles. The summed E-state index contributed by atoms with van der Waals surface area (Å²) in [6, 6.07) is 8.51. The Labute approximate surface area is 145 Å². The first kappa shape index (κ1) is 16.4. The van der Waals surface area contributed by atoms with Crippen molar-refractivity contribution in [3.63, 3.8) is 0 Å².